The molecule has 1 aromatic carbocycles. The van der Waals surface area contributed by atoms with E-state index >= 15 is 0 Å². The lowest BCUT2D eigenvalue weighted by atomic mass is 10.2. The van der Waals surface area contributed by atoms with Crippen LogP contribution in [0, 0.1) is 0 Å². The van der Waals surface area contributed by atoms with Crippen LogP contribution < -0.4 is 4.74 Å². The zero-order valence-electron chi connectivity index (χ0n) is 11.7. The number of carbonyl (C=O) groups is 1. The molecule has 1 aromatic rings. The van der Waals surface area contributed by atoms with Gasteiger partial charge in [-0.1, -0.05) is 17.7 Å². The fourth-order valence-corrected chi connectivity index (χ4v) is 2.48. The van der Waals surface area contributed by atoms with Gasteiger partial charge in [0.25, 0.3) is 0 Å². The Morgan fingerprint density at radius 2 is 2.10 bits per heavy atom. The summed E-state index contributed by atoms with van der Waals surface area (Å²) in [6.45, 7) is 3.19. The summed E-state index contributed by atoms with van der Waals surface area (Å²) in [7, 11) is -3.19. The van der Waals surface area contributed by atoms with Crippen LogP contribution >= 0.6 is 11.6 Å². The number of hydrogen-bond donors (Lipinski definition) is 1. The van der Waals surface area contributed by atoms with Crippen molar-refractivity contribution >= 4 is 33.5 Å². The Morgan fingerprint density at radius 1 is 1.43 bits per heavy atom. The van der Waals surface area contributed by atoms with Crippen molar-refractivity contribution in [3.8, 4) is 5.75 Å². The van der Waals surface area contributed by atoms with Gasteiger partial charge in [-0.05, 0) is 32.1 Å². The molecule has 0 unspecified atom stereocenters. The summed E-state index contributed by atoms with van der Waals surface area (Å²) in [6.07, 6.45) is 2.26. The molecule has 0 aliphatic rings. The topological polar surface area (TPSA) is 80.7 Å². The van der Waals surface area contributed by atoms with E-state index in [9.17, 15) is 13.2 Å². The van der Waals surface area contributed by atoms with Gasteiger partial charge >= 0.3 is 5.97 Å². The molecule has 5 nitrogen and oxygen atoms in total. The van der Waals surface area contributed by atoms with E-state index in [1.807, 2.05) is 0 Å². The molecule has 7 heteroatoms. The third-order valence-corrected chi connectivity index (χ3v) is 5.25. The number of halogens is 1. The van der Waals surface area contributed by atoms with Crippen LogP contribution in [-0.2, 0) is 14.6 Å². The molecule has 0 amide bonds. The molecule has 0 aliphatic heterocycles. The molecule has 0 bridgehead atoms. The first-order valence-electron chi connectivity index (χ1n) is 6.28. The SMILES string of the molecule is CC(C)S(=O)(=O)CCOc1cccc(Cl)c1/C=C/C(=O)O. The summed E-state index contributed by atoms with van der Waals surface area (Å²) in [5.74, 6) is -0.874. The average Bonchev–Trinajstić information content (AvgIpc) is 2.37. The van der Waals surface area contributed by atoms with E-state index in [2.05, 4.69) is 0 Å². The minimum absolute atomic E-state index is 0.0191. The Kier molecular flexibility index (Phi) is 6.23. The number of benzene rings is 1. The first kappa shape index (κ1) is 17.5. The van der Waals surface area contributed by atoms with Crippen molar-refractivity contribution in [2.24, 2.45) is 0 Å². The number of rotatable bonds is 7. The standard InChI is InChI=1S/C14H17ClO5S/c1-10(2)21(18,19)9-8-20-13-5-3-4-12(15)11(13)6-7-14(16)17/h3-7,10H,8-9H2,1-2H3,(H,16,17)/b7-6+. The van der Waals surface area contributed by atoms with Gasteiger partial charge in [0.1, 0.15) is 12.4 Å². The maximum Gasteiger partial charge on any atom is 0.328 e. The molecule has 21 heavy (non-hydrogen) atoms. The van der Waals surface area contributed by atoms with E-state index in [-0.39, 0.29) is 12.4 Å². The van der Waals surface area contributed by atoms with Crippen LogP contribution in [0.2, 0.25) is 5.02 Å². The van der Waals surface area contributed by atoms with E-state index in [0.717, 1.165) is 6.08 Å². The molecule has 0 aliphatic carbocycles. The molecule has 0 atom stereocenters. The molecule has 0 aromatic heterocycles. The second-order valence-corrected chi connectivity index (χ2v) is 7.67. The third-order valence-electron chi connectivity index (χ3n) is 2.75. The predicted octanol–water partition coefficient (Wildman–Crippen LogP) is 2.64. The first-order valence-corrected chi connectivity index (χ1v) is 8.37. The van der Waals surface area contributed by atoms with Gasteiger partial charge in [-0.15, -0.1) is 0 Å². The Labute approximate surface area is 129 Å². The van der Waals surface area contributed by atoms with Gasteiger partial charge in [0.15, 0.2) is 9.84 Å². The van der Waals surface area contributed by atoms with Gasteiger partial charge in [0.2, 0.25) is 0 Å². The van der Waals surface area contributed by atoms with E-state index in [1.54, 1.807) is 32.0 Å². The normalized spacial score (nSPS) is 12.0. The molecule has 1 rings (SSSR count). The second-order valence-electron chi connectivity index (χ2n) is 4.59. The van der Waals surface area contributed by atoms with Gasteiger partial charge in [-0.2, -0.15) is 0 Å². The van der Waals surface area contributed by atoms with Crippen LogP contribution in [0.1, 0.15) is 19.4 Å². The second kappa shape index (κ2) is 7.47. The van der Waals surface area contributed by atoms with Crippen LogP contribution in [0.5, 0.6) is 5.75 Å². The highest BCUT2D eigenvalue weighted by atomic mass is 35.5. The maximum atomic E-state index is 11.7. The number of sulfone groups is 1. The van der Waals surface area contributed by atoms with Crippen molar-refractivity contribution in [1.29, 1.82) is 0 Å². The summed E-state index contributed by atoms with van der Waals surface area (Å²) in [6, 6.07) is 4.85. The van der Waals surface area contributed by atoms with Crippen LogP contribution in [0.4, 0.5) is 0 Å². The lowest BCUT2D eigenvalue weighted by Gasteiger charge is -2.12. The Morgan fingerprint density at radius 3 is 2.67 bits per heavy atom. The van der Waals surface area contributed by atoms with Gasteiger partial charge in [0.05, 0.1) is 16.0 Å². The number of hydrogen-bond acceptors (Lipinski definition) is 4. The largest absolute Gasteiger partial charge is 0.492 e. The monoisotopic (exact) mass is 332 g/mol. The summed E-state index contributed by atoms with van der Waals surface area (Å²) in [4.78, 5) is 10.6. The lowest BCUT2D eigenvalue weighted by Crippen LogP contribution is -2.22. The van der Waals surface area contributed by atoms with Crippen molar-refractivity contribution in [1.82, 2.24) is 0 Å². The average molecular weight is 333 g/mol. The quantitative estimate of drug-likeness (QED) is 0.776. The molecule has 116 valence electrons. The molecular formula is C14H17ClO5S. The van der Waals surface area contributed by atoms with Crippen LogP contribution in [0.25, 0.3) is 6.08 Å². The third kappa shape index (κ3) is 5.40. The zero-order chi connectivity index (χ0) is 16.0. The van der Waals surface area contributed by atoms with Gasteiger partial charge < -0.3 is 9.84 Å². The summed E-state index contributed by atoms with van der Waals surface area (Å²) in [5.41, 5.74) is 0.406. The van der Waals surface area contributed by atoms with Gasteiger partial charge in [-0.3, -0.25) is 0 Å². The Hall–Kier alpha value is -1.53. The number of carboxylic acids is 1. The summed E-state index contributed by atoms with van der Waals surface area (Å²) < 4.78 is 28.8. The van der Waals surface area contributed by atoms with Crippen molar-refractivity contribution in [2.45, 2.75) is 19.1 Å². The van der Waals surface area contributed by atoms with E-state index in [1.165, 1.54) is 6.08 Å². The molecule has 0 saturated carbocycles. The van der Waals surface area contributed by atoms with Gasteiger partial charge in [0, 0.05) is 11.6 Å². The lowest BCUT2D eigenvalue weighted by molar-refractivity contribution is -0.131. The number of ether oxygens (including phenoxy) is 1. The zero-order valence-corrected chi connectivity index (χ0v) is 13.3. The highest BCUT2D eigenvalue weighted by molar-refractivity contribution is 7.91. The fourth-order valence-electron chi connectivity index (χ4n) is 1.46. The minimum atomic E-state index is -3.19. The van der Waals surface area contributed by atoms with Crippen LogP contribution in [-0.4, -0.2) is 37.1 Å². The molecule has 0 radical (unpaired) electrons. The molecule has 0 fully saturated rings. The first-order chi connectivity index (χ1) is 9.74. The summed E-state index contributed by atoms with van der Waals surface area (Å²) in [5, 5.41) is 8.51. The number of aliphatic carboxylic acids is 1. The highest BCUT2D eigenvalue weighted by Crippen LogP contribution is 2.27. The molecule has 0 heterocycles. The Balaban J connectivity index is 2.85. The fraction of sp³-hybridized carbons (Fsp3) is 0.357. The smallest absolute Gasteiger partial charge is 0.328 e. The molecule has 1 N–H and O–H groups in total. The van der Waals surface area contributed by atoms with Crippen molar-refractivity contribution < 1.29 is 23.1 Å². The van der Waals surface area contributed by atoms with E-state index in [0.29, 0.717) is 16.3 Å². The highest BCUT2D eigenvalue weighted by Gasteiger charge is 2.16. The maximum absolute atomic E-state index is 11.7. The van der Waals surface area contributed by atoms with E-state index < -0.39 is 21.1 Å². The molecular weight excluding hydrogens is 316 g/mol. The number of carboxylic acid groups (broad SMARTS) is 1. The summed E-state index contributed by atoms with van der Waals surface area (Å²) >= 11 is 5.99. The predicted molar refractivity (Wildman–Crippen MR) is 82.5 cm³/mol. The molecule has 0 saturated heterocycles. The van der Waals surface area contributed by atoms with Crippen molar-refractivity contribution in [3.05, 3.63) is 34.9 Å². The van der Waals surface area contributed by atoms with Crippen LogP contribution in [0.15, 0.2) is 24.3 Å². The van der Waals surface area contributed by atoms with Gasteiger partial charge in [-0.25, -0.2) is 13.2 Å². The Bertz CT molecular complexity index is 635. The molecule has 0 spiro atoms. The van der Waals surface area contributed by atoms with Crippen molar-refractivity contribution in [3.63, 3.8) is 0 Å². The van der Waals surface area contributed by atoms with E-state index in [4.69, 9.17) is 21.4 Å². The van der Waals surface area contributed by atoms with Crippen molar-refractivity contribution in [2.75, 3.05) is 12.4 Å². The minimum Gasteiger partial charge on any atom is -0.492 e. The van der Waals surface area contributed by atoms with Crippen LogP contribution in [0.3, 0.4) is 0 Å².